The van der Waals surface area contributed by atoms with Crippen LogP contribution in [0, 0.1) is 5.82 Å². The van der Waals surface area contributed by atoms with Gasteiger partial charge in [-0.25, -0.2) is 9.37 Å². The first kappa shape index (κ1) is 18.0. The van der Waals surface area contributed by atoms with Gasteiger partial charge >= 0.3 is 0 Å². The lowest BCUT2D eigenvalue weighted by Gasteiger charge is -2.08. The largest absolute Gasteiger partial charge is 0.494 e. The minimum atomic E-state index is -0.478. The Bertz CT molecular complexity index is 909. The van der Waals surface area contributed by atoms with Crippen molar-refractivity contribution in [1.82, 2.24) is 9.55 Å². The Morgan fingerprint density at radius 3 is 2.65 bits per heavy atom. The topological polar surface area (TPSA) is 56.1 Å². The number of aromatic nitrogens is 2. The number of nitrogens with zero attached hydrogens (tertiary/aromatic N) is 2. The number of anilines is 1. The summed E-state index contributed by atoms with van der Waals surface area (Å²) in [5.41, 5.74) is 1.27. The molecule has 0 aliphatic rings. The molecule has 26 heavy (non-hydrogen) atoms. The van der Waals surface area contributed by atoms with Crippen molar-refractivity contribution in [2.24, 2.45) is 7.05 Å². The highest BCUT2D eigenvalue weighted by Gasteiger charge is 2.09. The quantitative estimate of drug-likeness (QED) is 0.714. The summed E-state index contributed by atoms with van der Waals surface area (Å²) in [6, 6.07) is 12.0. The molecule has 2 aromatic carbocycles. The van der Waals surface area contributed by atoms with Crippen molar-refractivity contribution in [3.63, 3.8) is 0 Å². The molecule has 1 N–H and O–H groups in total. The molecule has 0 radical (unpaired) electrons. The Morgan fingerprint density at radius 2 is 2.04 bits per heavy atom. The molecule has 1 heterocycles. The van der Waals surface area contributed by atoms with E-state index in [1.807, 2.05) is 42.1 Å². The highest BCUT2D eigenvalue weighted by atomic mass is 32.2. The van der Waals surface area contributed by atoms with Crippen molar-refractivity contribution in [3.8, 4) is 5.75 Å². The fourth-order valence-electron chi connectivity index (χ4n) is 2.37. The van der Waals surface area contributed by atoms with Gasteiger partial charge in [-0.1, -0.05) is 17.8 Å². The second-order valence-corrected chi connectivity index (χ2v) is 6.68. The molecular weight excluding hydrogens is 353 g/mol. The lowest BCUT2D eigenvalue weighted by Crippen LogP contribution is -2.14. The van der Waals surface area contributed by atoms with E-state index >= 15 is 0 Å². The van der Waals surface area contributed by atoms with Gasteiger partial charge in [0.15, 0.2) is 16.7 Å². The van der Waals surface area contributed by atoms with E-state index in [9.17, 15) is 9.18 Å². The van der Waals surface area contributed by atoms with Gasteiger partial charge < -0.3 is 14.6 Å². The molecule has 1 amide bonds. The maximum absolute atomic E-state index is 13.7. The molecule has 5 nitrogen and oxygen atoms in total. The van der Waals surface area contributed by atoms with E-state index in [0.717, 1.165) is 10.1 Å². The van der Waals surface area contributed by atoms with Crippen molar-refractivity contribution in [2.75, 3.05) is 12.4 Å². The molecule has 7 heteroatoms. The number of aryl methyl sites for hydroxylation is 1. The number of benzene rings is 2. The molecule has 0 saturated heterocycles. The summed E-state index contributed by atoms with van der Waals surface area (Å²) in [6.07, 6.45) is 3.72. The Kier molecular flexibility index (Phi) is 5.58. The third-order valence-electron chi connectivity index (χ3n) is 3.71. The maximum Gasteiger partial charge on any atom is 0.228 e. The summed E-state index contributed by atoms with van der Waals surface area (Å²) in [5, 5.41) is 3.71. The minimum absolute atomic E-state index is 0.0880. The van der Waals surface area contributed by atoms with Gasteiger partial charge in [0.1, 0.15) is 0 Å². The zero-order valence-corrected chi connectivity index (χ0v) is 15.2. The van der Waals surface area contributed by atoms with Gasteiger partial charge in [0.25, 0.3) is 0 Å². The lowest BCUT2D eigenvalue weighted by molar-refractivity contribution is -0.115. The molecule has 0 aliphatic carbocycles. The van der Waals surface area contributed by atoms with E-state index in [2.05, 4.69) is 10.3 Å². The summed E-state index contributed by atoms with van der Waals surface area (Å²) in [4.78, 5) is 17.4. The van der Waals surface area contributed by atoms with E-state index in [0.29, 0.717) is 11.3 Å². The molecule has 0 aliphatic heterocycles. The highest BCUT2D eigenvalue weighted by Crippen LogP contribution is 2.26. The minimum Gasteiger partial charge on any atom is -0.494 e. The predicted octanol–water partition coefficient (Wildman–Crippen LogP) is 3.90. The van der Waals surface area contributed by atoms with E-state index < -0.39 is 5.82 Å². The molecule has 3 rings (SSSR count). The zero-order valence-electron chi connectivity index (χ0n) is 14.4. The van der Waals surface area contributed by atoms with Crippen molar-refractivity contribution >= 4 is 23.4 Å². The first-order chi connectivity index (χ1) is 12.5. The molecule has 0 fully saturated rings. The van der Waals surface area contributed by atoms with E-state index in [1.165, 1.54) is 19.2 Å². The molecule has 0 bridgehead atoms. The van der Waals surface area contributed by atoms with Gasteiger partial charge in [-0.2, -0.15) is 0 Å². The van der Waals surface area contributed by atoms with Crippen molar-refractivity contribution in [2.45, 2.75) is 16.5 Å². The number of halogens is 1. The fourth-order valence-corrected chi connectivity index (χ4v) is 3.17. The van der Waals surface area contributed by atoms with Gasteiger partial charge in [-0.15, -0.1) is 0 Å². The first-order valence-electron chi connectivity index (χ1n) is 7.92. The van der Waals surface area contributed by atoms with Gasteiger partial charge in [-0.3, -0.25) is 4.79 Å². The second kappa shape index (κ2) is 8.05. The molecule has 0 atom stereocenters. The molecule has 0 saturated carbocycles. The van der Waals surface area contributed by atoms with Crippen LogP contribution in [-0.2, 0) is 18.3 Å². The Hall–Kier alpha value is -2.80. The molecule has 134 valence electrons. The third kappa shape index (κ3) is 4.43. The lowest BCUT2D eigenvalue weighted by atomic mass is 10.1. The van der Waals surface area contributed by atoms with Crippen LogP contribution in [0.2, 0.25) is 0 Å². The molecule has 3 aromatic rings. The number of amides is 1. The molecule has 1 aromatic heterocycles. The second-order valence-electron chi connectivity index (χ2n) is 5.64. The number of imidazole rings is 1. The number of carbonyl (C=O) groups excluding carboxylic acids is 1. The van der Waals surface area contributed by atoms with Crippen LogP contribution in [0.25, 0.3) is 0 Å². The highest BCUT2D eigenvalue weighted by molar-refractivity contribution is 7.99. The van der Waals surface area contributed by atoms with Gasteiger partial charge in [0.05, 0.1) is 13.5 Å². The van der Waals surface area contributed by atoms with Crippen LogP contribution in [0.1, 0.15) is 5.56 Å². The summed E-state index contributed by atoms with van der Waals surface area (Å²) in [5.74, 6) is -0.525. The summed E-state index contributed by atoms with van der Waals surface area (Å²) in [6.45, 7) is 0. The Morgan fingerprint density at radius 1 is 1.27 bits per heavy atom. The predicted molar refractivity (Wildman–Crippen MR) is 99.1 cm³/mol. The van der Waals surface area contributed by atoms with Gasteiger partial charge in [-0.05, 0) is 42.0 Å². The molecule has 0 spiro atoms. The van der Waals surface area contributed by atoms with Crippen LogP contribution in [0.5, 0.6) is 5.75 Å². The van der Waals surface area contributed by atoms with Crippen LogP contribution >= 0.6 is 11.8 Å². The van der Waals surface area contributed by atoms with Crippen LogP contribution in [0.4, 0.5) is 10.1 Å². The number of methoxy groups -OCH3 is 1. The van der Waals surface area contributed by atoms with Crippen molar-refractivity contribution in [3.05, 3.63) is 66.2 Å². The number of hydrogen-bond acceptors (Lipinski definition) is 4. The maximum atomic E-state index is 13.7. The van der Waals surface area contributed by atoms with Crippen molar-refractivity contribution in [1.29, 1.82) is 0 Å². The monoisotopic (exact) mass is 371 g/mol. The summed E-state index contributed by atoms with van der Waals surface area (Å²) >= 11 is 1.54. The molecule has 0 unspecified atom stereocenters. The fraction of sp³-hybridized carbons (Fsp3) is 0.158. The number of rotatable bonds is 6. The van der Waals surface area contributed by atoms with Gasteiger partial charge in [0.2, 0.25) is 5.91 Å². The van der Waals surface area contributed by atoms with E-state index in [4.69, 9.17) is 4.74 Å². The normalized spacial score (nSPS) is 10.6. The average molecular weight is 371 g/mol. The SMILES string of the molecule is COc1ccc(CC(=O)Nc2ccc(Sc3nccn3C)cc2)cc1F. The van der Waals surface area contributed by atoms with Gasteiger partial charge in [0, 0.05) is 30.0 Å². The number of ether oxygens (including phenoxy) is 1. The number of hydrogen-bond donors (Lipinski definition) is 1. The van der Waals surface area contributed by atoms with Crippen LogP contribution in [0.15, 0.2) is 64.9 Å². The third-order valence-corrected chi connectivity index (χ3v) is 4.79. The molecular formula is C19H18FN3O2S. The average Bonchev–Trinajstić information content (AvgIpc) is 3.01. The first-order valence-corrected chi connectivity index (χ1v) is 8.74. The smallest absolute Gasteiger partial charge is 0.228 e. The Labute approximate surface area is 155 Å². The Balaban J connectivity index is 1.59. The number of nitrogens with one attached hydrogen (secondary N) is 1. The number of carbonyl (C=O) groups is 1. The zero-order chi connectivity index (χ0) is 18.5. The van der Waals surface area contributed by atoms with E-state index in [1.54, 1.807) is 24.0 Å². The van der Waals surface area contributed by atoms with Crippen LogP contribution in [0.3, 0.4) is 0 Å². The standard InChI is InChI=1S/C19H18FN3O2S/c1-23-10-9-21-19(23)26-15-6-4-14(5-7-15)22-18(24)12-13-3-8-17(25-2)16(20)11-13/h3-11H,12H2,1-2H3,(H,22,24). The van der Waals surface area contributed by atoms with E-state index in [-0.39, 0.29) is 18.1 Å². The van der Waals surface area contributed by atoms with Crippen LogP contribution < -0.4 is 10.1 Å². The summed E-state index contributed by atoms with van der Waals surface area (Å²) < 4.78 is 20.5. The van der Waals surface area contributed by atoms with Crippen LogP contribution in [-0.4, -0.2) is 22.6 Å². The summed E-state index contributed by atoms with van der Waals surface area (Å²) in [7, 11) is 3.34. The van der Waals surface area contributed by atoms with Crippen molar-refractivity contribution < 1.29 is 13.9 Å².